The highest BCUT2D eigenvalue weighted by molar-refractivity contribution is 7.98. The summed E-state index contributed by atoms with van der Waals surface area (Å²) < 4.78 is 12.4. The Morgan fingerprint density at radius 3 is 2.71 bits per heavy atom. The molecule has 21 heavy (non-hydrogen) atoms. The molecule has 2 aromatic rings. The number of hydrogen-bond acceptors (Lipinski definition) is 6. The van der Waals surface area contributed by atoms with Crippen molar-refractivity contribution in [1.82, 2.24) is 14.9 Å². The third-order valence-corrected chi connectivity index (χ3v) is 3.54. The van der Waals surface area contributed by atoms with Crippen LogP contribution in [0.4, 0.5) is 0 Å². The molecule has 0 N–H and O–H groups in total. The number of nitrogens with zero attached hydrogens (tertiary/aromatic N) is 4. The number of benzene rings is 1. The highest BCUT2D eigenvalue weighted by atomic mass is 32.2. The minimum atomic E-state index is 0.653. The second kappa shape index (κ2) is 7.12. The first-order chi connectivity index (χ1) is 10.2. The maximum absolute atomic E-state index is 5.39. The maximum Gasteiger partial charge on any atom is 0.211 e. The minimum absolute atomic E-state index is 0.653. The van der Waals surface area contributed by atoms with Gasteiger partial charge in [0.2, 0.25) is 5.16 Å². The Labute approximate surface area is 128 Å². The quantitative estimate of drug-likeness (QED) is 0.606. The smallest absolute Gasteiger partial charge is 0.211 e. The van der Waals surface area contributed by atoms with E-state index in [4.69, 9.17) is 9.47 Å². The zero-order valence-electron chi connectivity index (χ0n) is 12.5. The third kappa shape index (κ3) is 3.18. The van der Waals surface area contributed by atoms with Gasteiger partial charge in [0.25, 0.3) is 0 Å². The van der Waals surface area contributed by atoms with Crippen LogP contribution in [0.15, 0.2) is 28.5 Å². The van der Waals surface area contributed by atoms with Gasteiger partial charge in [-0.15, -0.1) is 10.2 Å². The van der Waals surface area contributed by atoms with Gasteiger partial charge in [-0.2, -0.15) is 9.78 Å². The molecule has 0 unspecified atom stereocenters. The Kier molecular flexibility index (Phi) is 5.21. The van der Waals surface area contributed by atoms with Gasteiger partial charge < -0.3 is 9.47 Å². The van der Waals surface area contributed by atoms with Crippen molar-refractivity contribution >= 4 is 18.0 Å². The van der Waals surface area contributed by atoms with Gasteiger partial charge in [-0.05, 0) is 18.4 Å². The zero-order valence-corrected chi connectivity index (χ0v) is 13.3. The number of thioether (sulfide) groups is 1. The van der Waals surface area contributed by atoms with Crippen LogP contribution in [-0.4, -0.2) is 41.6 Å². The SMILES string of the molecule is CCc1nnc(SC)n1/N=C\c1cccc(OC)c1OC. The molecule has 0 aliphatic heterocycles. The summed E-state index contributed by atoms with van der Waals surface area (Å²) in [6, 6.07) is 5.66. The molecular weight excluding hydrogens is 288 g/mol. The van der Waals surface area contributed by atoms with Gasteiger partial charge in [0.15, 0.2) is 17.3 Å². The summed E-state index contributed by atoms with van der Waals surface area (Å²) >= 11 is 1.50. The number of methoxy groups -OCH3 is 2. The van der Waals surface area contributed by atoms with Crippen LogP contribution >= 0.6 is 11.8 Å². The summed E-state index contributed by atoms with van der Waals surface area (Å²) in [4.78, 5) is 0. The number of aromatic nitrogens is 3. The van der Waals surface area contributed by atoms with E-state index < -0.39 is 0 Å². The highest BCUT2D eigenvalue weighted by Crippen LogP contribution is 2.29. The number of hydrogen-bond donors (Lipinski definition) is 0. The Morgan fingerprint density at radius 2 is 2.10 bits per heavy atom. The van der Waals surface area contributed by atoms with E-state index in [0.29, 0.717) is 11.5 Å². The average Bonchev–Trinajstić information content (AvgIpc) is 2.94. The molecule has 0 atom stereocenters. The lowest BCUT2D eigenvalue weighted by molar-refractivity contribution is 0.354. The normalized spacial score (nSPS) is 11.0. The molecule has 0 aliphatic carbocycles. The van der Waals surface area contributed by atoms with Crippen LogP contribution in [0.1, 0.15) is 18.3 Å². The molecule has 0 radical (unpaired) electrons. The molecule has 1 aromatic heterocycles. The molecule has 0 amide bonds. The molecule has 0 saturated heterocycles. The average molecular weight is 306 g/mol. The van der Waals surface area contributed by atoms with Crippen LogP contribution in [-0.2, 0) is 6.42 Å². The summed E-state index contributed by atoms with van der Waals surface area (Å²) in [7, 11) is 3.22. The Balaban J connectivity index is 2.40. The largest absolute Gasteiger partial charge is 0.493 e. The van der Waals surface area contributed by atoms with Gasteiger partial charge in [0.05, 0.1) is 20.4 Å². The van der Waals surface area contributed by atoms with Crippen LogP contribution in [0.3, 0.4) is 0 Å². The number of aryl methyl sites for hydroxylation is 1. The van der Waals surface area contributed by atoms with Crippen molar-refractivity contribution in [1.29, 1.82) is 0 Å². The molecule has 1 heterocycles. The van der Waals surface area contributed by atoms with Gasteiger partial charge in [-0.1, -0.05) is 24.8 Å². The lowest BCUT2D eigenvalue weighted by Gasteiger charge is -2.09. The van der Waals surface area contributed by atoms with E-state index in [1.807, 2.05) is 31.4 Å². The monoisotopic (exact) mass is 306 g/mol. The molecule has 0 spiro atoms. The predicted molar refractivity (Wildman–Crippen MR) is 83.7 cm³/mol. The number of ether oxygens (including phenoxy) is 2. The van der Waals surface area contributed by atoms with E-state index in [9.17, 15) is 0 Å². The molecule has 1 aromatic carbocycles. The van der Waals surface area contributed by atoms with Crippen molar-refractivity contribution in [2.75, 3.05) is 20.5 Å². The first kappa shape index (κ1) is 15.4. The van der Waals surface area contributed by atoms with E-state index >= 15 is 0 Å². The predicted octanol–water partition coefficient (Wildman–Crippen LogP) is 2.46. The van der Waals surface area contributed by atoms with Crippen molar-refractivity contribution in [2.45, 2.75) is 18.5 Å². The first-order valence-corrected chi connectivity index (χ1v) is 7.71. The molecule has 2 rings (SSSR count). The molecule has 112 valence electrons. The van der Waals surface area contributed by atoms with Crippen LogP contribution in [0, 0.1) is 0 Å². The fourth-order valence-electron chi connectivity index (χ4n) is 1.89. The fraction of sp³-hybridized carbons (Fsp3) is 0.357. The standard InChI is InChI=1S/C14H18N4O2S/c1-5-12-16-17-14(21-4)18(12)15-9-10-7-6-8-11(19-2)13(10)20-3/h6-9H,5H2,1-4H3/b15-9-. The highest BCUT2D eigenvalue weighted by Gasteiger charge is 2.10. The molecule has 0 bridgehead atoms. The van der Waals surface area contributed by atoms with E-state index in [-0.39, 0.29) is 0 Å². The summed E-state index contributed by atoms with van der Waals surface area (Å²) in [5.74, 6) is 2.14. The van der Waals surface area contributed by atoms with E-state index in [1.54, 1.807) is 25.1 Å². The van der Waals surface area contributed by atoms with Gasteiger partial charge >= 0.3 is 0 Å². The van der Waals surface area contributed by atoms with Gasteiger partial charge in [-0.3, -0.25) is 0 Å². The molecule has 0 fully saturated rings. The summed E-state index contributed by atoms with van der Waals surface area (Å²) in [5.41, 5.74) is 0.833. The summed E-state index contributed by atoms with van der Waals surface area (Å²) in [5, 5.41) is 13.4. The number of rotatable bonds is 6. The Bertz CT molecular complexity index is 618. The van der Waals surface area contributed by atoms with Crippen LogP contribution < -0.4 is 9.47 Å². The molecular formula is C14H18N4O2S. The zero-order chi connectivity index (χ0) is 15.2. The first-order valence-electron chi connectivity index (χ1n) is 6.48. The van der Waals surface area contributed by atoms with E-state index in [0.717, 1.165) is 23.0 Å². The van der Waals surface area contributed by atoms with Crippen molar-refractivity contribution in [3.8, 4) is 11.5 Å². The Hall–Kier alpha value is -2.02. The summed E-state index contributed by atoms with van der Waals surface area (Å²) in [6.07, 6.45) is 4.44. The van der Waals surface area contributed by atoms with Crippen LogP contribution in [0.5, 0.6) is 11.5 Å². The molecule has 0 saturated carbocycles. The molecule has 7 heteroatoms. The van der Waals surface area contributed by atoms with Gasteiger partial charge in [-0.25, -0.2) is 0 Å². The third-order valence-electron chi connectivity index (χ3n) is 2.92. The van der Waals surface area contributed by atoms with Gasteiger partial charge in [0, 0.05) is 12.0 Å². The maximum atomic E-state index is 5.39. The lowest BCUT2D eigenvalue weighted by atomic mass is 10.2. The number of para-hydroxylation sites is 1. The topological polar surface area (TPSA) is 61.5 Å². The minimum Gasteiger partial charge on any atom is -0.493 e. The van der Waals surface area contributed by atoms with Crippen molar-refractivity contribution in [3.05, 3.63) is 29.6 Å². The van der Waals surface area contributed by atoms with Crippen molar-refractivity contribution < 1.29 is 9.47 Å². The summed E-state index contributed by atoms with van der Waals surface area (Å²) in [6.45, 7) is 2.02. The molecule has 6 nitrogen and oxygen atoms in total. The van der Waals surface area contributed by atoms with E-state index in [1.165, 1.54) is 11.8 Å². The van der Waals surface area contributed by atoms with Crippen molar-refractivity contribution in [3.63, 3.8) is 0 Å². The van der Waals surface area contributed by atoms with E-state index in [2.05, 4.69) is 15.3 Å². The van der Waals surface area contributed by atoms with Crippen LogP contribution in [0.2, 0.25) is 0 Å². The second-order valence-electron chi connectivity index (χ2n) is 4.10. The van der Waals surface area contributed by atoms with Crippen molar-refractivity contribution in [2.24, 2.45) is 5.10 Å². The van der Waals surface area contributed by atoms with Crippen LogP contribution in [0.25, 0.3) is 0 Å². The lowest BCUT2D eigenvalue weighted by Crippen LogP contribution is -2.00. The molecule has 0 aliphatic rings. The fourth-order valence-corrected chi connectivity index (χ4v) is 2.34. The Morgan fingerprint density at radius 1 is 1.29 bits per heavy atom. The van der Waals surface area contributed by atoms with Gasteiger partial charge in [0.1, 0.15) is 0 Å². The second-order valence-corrected chi connectivity index (χ2v) is 4.87.